The summed E-state index contributed by atoms with van der Waals surface area (Å²) in [6.45, 7) is 17.3. The SMILES string of the molecule is COc1c(C(C)(C)C)cc2cc(Br)ccc2c1-c1c(S(=O)NC(C)C)c(C(C)(C)C)cc2ccccc12. The molecule has 0 amide bonds. The summed E-state index contributed by atoms with van der Waals surface area (Å²) in [6.07, 6.45) is 0. The van der Waals surface area contributed by atoms with Crippen molar-refractivity contribution in [2.75, 3.05) is 7.11 Å². The molecule has 4 rings (SSSR count). The molecule has 5 heteroatoms. The average Bonchev–Trinajstić information content (AvgIpc) is 2.79. The molecule has 0 aromatic heterocycles. The predicted octanol–water partition coefficient (Wildman–Crippen LogP) is 9.05. The van der Waals surface area contributed by atoms with Crippen molar-refractivity contribution in [3.63, 3.8) is 0 Å². The first-order valence-corrected chi connectivity index (χ1v) is 14.7. The first-order valence-electron chi connectivity index (χ1n) is 12.8. The molecular weight excluding hydrogens is 542 g/mol. The third kappa shape index (κ3) is 5.36. The molecule has 0 spiro atoms. The van der Waals surface area contributed by atoms with Crippen LogP contribution in [0.5, 0.6) is 5.75 Å². The van der Waals surface area contributed by atoms with Crippen molar-refractivity contribution in [3.8, 4) is 16.9 Å². The van der Waals surface area contributed by atoms with Crippen LogP contribution in [0.3, 0.4) is 0 Å². The molecule has 0 saturated carbocycles. The summed E-state index contributed by atoms with van der Waals surface area (Å²) < 4.78 is 24.8. The van der Waals surface area contributed by atoms with Crippen molar-refractivity contribution in [3.05, 3.63) is 70.2 Å². The molecule has 1 atom stereocenters. The minimum atomic E-state index is -1.44. The Hall–Kier alpha value is -2.21. The van der Waals surface area contributed by atoms with Gasteiger partial charge in [0, 0.05) is 27.2 Å². The number of fused-ring (bicyclic) bond motifs is 2. The zero-order valence-electron chi connectivity index (χ0n) is 23.4. The largest absolute Gasteiger partial charge is 0.496 e. The highest BCUT2D eigenvalue weighted by Gasteiger charge is 2.31. The molecule has 37 heavy (non-hydrogen) atoms. The van der Waals surface area contributed by atoms with Crippen LogP contribution >= 0.6 is 15.9 Å². The van der Waals surface area contributed by atoms with E-state index in [-0.39, 0.29) is 16.9 Å². The van der Waals surface area contributed by atoms with Gasteiger partial charge in [0.05, 0.1) is 12.0 Å². The summed E-state index contributed by atoms with van der Waals surface area (Å²) in [4.78, 5) is 0.827. The Bertz CT molecular complexity index is 1510. The summed E-state index contributed by atoms with van der Waals surface area (Å²) in [5.41, 5.74) is 3.77. The lowest BCUT2D eigenvalue weighted by Gasteiger charge is -2.30. The summed E-state index contributed by atoms with van der Waals surface area (Å²) >= 11 is 3.68. The lowest BCUT2D eigenvalue weighted by atomic mass is 9.79. The molecule has 4 aromatic carbocycles. The number of benzene rings is 4. The van der Waals surface area contributed by atoms with Crippen LogP contribution < -0.4 is 9.46 Å². The quantitative estimate of drug-likeness (QED) is 0.256. The van der Waals surface area contributed by atoms with Gasteiger partial charge in [-0.3, -0.25) is 0 Å². The van der Waals surface area contributed by atoms with E-state index in [1.165, 1.54) is 0 Å². The summed E-state index contributed by atoms with van der Waals surface area (Å²) in [5, 5.41) is 4.39. The normalized spacial score (nSPS) is 13.5. The second kappa shape index (κ2) is 10.2. The van der Waals surface area contributed by atoms with E-state index in [2.05, 4.69) is 117 Å². The molecule has 1 unspecified atom stereocenters. The number of hydrogen-bond donors (Lipinski definition) is 1. The second-order valence-corrected chi connectivity index (χ2v) is 14.2. The molecular formula is C32H38BrNO2S. The van der Waals surface area contributed by atoms with Crippen molar-refractivity contribution < 1.29 is 8.95 Å². The Labute approximate surface area is 232 Å². The topological polar surface area (TPSA) is 38.3 Å². The predicted molar refractivity (Wildman–Crippen MR) is 163 cm³/mol. The Morgan fingerprint density at radius 1 is 0.811 bits per heavy atom. The van der Waals surface area contributed by atoms with Gasteiger partial charge in [-0.25, -0.2) is 8.93 Å². The highest BCUT2D eigenvalue weighted by Crippen LogP contribution is 2.50. The zero-order chi connectivity index (χ0) is 27.3. The van der Waals surface area contributed by atoms with Crippen molar-refractivity contribution in [1.82, 2.24) is 4.72 Å². The third-order valence-corrected chi connectivity index (χ3v) is 8.63. The Morgan fingerprint density at radius 3 is 2.00 bits per heavy atom. The van der Waals surface area contributed by atoms with Gasteiger partial charge in [0.1, 0.15) is 16.7 Å². The standard InChI is InChI=1S/C32H38BrNO2S/c1-19(2)34-37(35)30-26(32(6,7)8)17-20-12-10-11-13-23(20)28(30)27-24-15-14-22(33)16-21(24)18-25(29(27)36-9)31(3,4)5/h10-19,34H,1-9H3. The average molecular weight is 581 g/mol. The fraction of sp³-hybridized carbons (Fsp3) is 0.375. The third-order valence-electron chi connectivity index (χ3n) is 6.65. The fourth-order valence-electron chi connectivity index (χ4n) is 4.98. The van der Waals surface area contributed by atoms with Crippen LogP contribution in [-0.4, -0.2) is 17.4 Å². The maximum absolute atomic E-state index is 14.2. The monoisotopic (exact) mass is 579 g/mol. The number of methoxy groups -OCH3 is 1. The van der Waals surface area contributed by atoms with Gasteiger partial charge in [-0.2, -0.15) is 0 Å². The lowest BCUT2D eigenvalue weighted by molar-refractivity contribution is 0.400. The molecule has 0 bridgehead atoms. The molecule has 1 N–H and O–H groups in total. The highest BCUT2D eigenvalue weighted by atomic mass is 79.9. The van der Waals surface area contributed by atoms with Gasteiger partial charge in [-0.05, 0) is 76.1 Å². The molecule has 0 aliphatic carbocycles. The molecule has 0 radical (unpaired) electrons. The van der Waals surface area contributed by atoms with Crippen LogP contribution in [0.1, 0.15) is 66.5 Å². The second-order valence-electron chi connectivity index (χ2n) is 12.1. The highest BCUT2D eigenvalue weighted by molar-refractivity contribution is 9.10. The van der Waals surface area contributed by atoms with Crippen LogP contribution in [0.25, 0.3) is 32.7 Å². The van der Waals surface area contributed by atoms with Crippen molar-refractivity contribution in [2.24, 2.45) is 0 Å². The van der Waals surface area contributed by atoms with E-state index in [1.54, 1.807) is 7.11 Å². The maximum Gasteiger partial charge on any atom is 0.131 e. The molecule has 0 aliphatic heterocycles. The van der Waals surface area contributed by atoms with Crippen molar-refractivity contribution >= 4 is 48.5 Å². The van der Waals surface area contributed by atoms with Gasteiger partial charge in [0.15, 0.2) is 0 Å². The van der Waals surface area contributed by atoms with Gasteiger partial charge < -0.3 is 4.74 Å². The molecule has 3 nitrogen and oxygen atoms in total. The van der Waals surface area contributed by atoms with Gasteiger partial charge >= 0.3 is 0 Å². The summed E-state index contributed by atoms with van der Waals surface area (Å²) in [6, 6.07) is 19.3. The van der Waals surface area contributed by atoms with Crippen molar-refractivity contribution in [2.45, 2.75) is 77.2 Å². The maximum atomic E-state index is 14.2. The lowest BCUT2D eigenvalue weighted by Crippen LogP contribution is -2.28. The first kappa shape index (κ1) is 27.8. The molecule has 0 aliphatic rings. The van der Waals surface area contributed by atoms with Gasteiger partial charge in [-0.15, -0.1) is 0 Å². The number of halogens is 1. The molecule has 196 valence electrons. The van der Waals surface area contributed by atoms with Gasteiger partial charge in [0.25, 0.3) is 0 Å². The summed E-state index contributed by atoms with van der Waals surface area (Å²) in [5.74, 6) is 0.835. The van der Waals surface area contributed by atoms with E-state index in [0.717, 1.165) is 58.9 Å². The van der Waals surface area contributed by atoms with Crippen LogP contribution in [0.4, 0.5) is 0 Å². The molecule has 0 fully saturated rings. The number of ether oxygens (including phenoxy) is 1. The molecule has 4 aromatic rings. The van der Waals surface area contributed by atoms with E-state index in [9.17, 15) is 4.21 Å². The first-order chi connectivity index (χ1) is 17.2. The van der Waals surface area contributed by atoms with Crippen LogP contribution in [-0.2, 0) is 21.8 Å². The van der Waals surface area contributed by atoms with Gasteiger partial charge in [-0.1, -0.05) is 87.8 Å². The van der Waals surface area contributed by atoms with E-state index >= 15 is 0 Å². The van der Waals surface area contributed by atoms with E-state index in [4.69, 9.17) is 4.74 Å². The fourth-order valence-corrected chi connectivity index (χ4v) is 6.86. The van der Waals surface area contributed by atoms with Crippen molar-refractivity contribution in [1.29, 1.82) is 0 Å². The van der Waals surface area contributed by atoms with E-state index in [1.807, 2.05) is 13.8 Å². The Balaban J connectivity index is 2.34. The molecule has 0 saturated heterocycles. The van der Waals surface area contributed by atoms with Crippen LogP contribution in [0.2, 0.25) is 0 Å². The Kier molecular flexibility index (Phi) is 7.64. The zero-order valence-corrected chi connectivity index (χ0v) is 25.8. The van der Waals surface area contributed by atoms with Gasteiger partial charge in [0.2, 0.25) is 0 Å². The minimum absolute atomic E-state index is 0.0588. The van der Waals surface area contributed by atoms with Crippen LogP contribution in [0, 0.1) is 0 Å². The Morgan fingerprint density at radius 2 is 1.41 bits per heavy atom. The molecule has 0 heterocycles. The van der Waals surface area contributed by atoms with Crippen LogP contribution in [0.15, 0.2) is 64.0 Å². The number of nitrogens with one attached hydrogen (secondary N) is 1. The minimum Gasteiger partial charge on any atom is -0.496 e. The van der Waals surface area contributed by atoms with E-state index in [0.29, 0.717) is 0 Å². The summed E-state index contributed by atoms with van der Waals surface area (Å²) in [7, 11) is 0.308. The smallest absolute Gasteiger partial charge is 0.131 e. The van der Waals surface area contributed by atoms with E-state index < -0.39 is 11.0 Å². The number of rotatable bonds is 5. The number of hydrogen-bond acceptors (Lipinski definition) is 2.